The second-order valence-corrected chi connectivity index (χ2v) is 5.90. The van der Waals surface area contributed by atoms with Crippen molar-refractivity contribution in [2.24, 2.45) is 5.92 Å². The minimum atomic E-state index is -0.391. The van der Waals surface area contributed by atoms with Crippen LogP contribution in [-0.2, 0) is 0 Å². The third kappa shape index (κ3) is 2.54. The van der Waals surface area contributed by atoms with E-state index < -0.39 is 5.60 Å². The first kappa shape index (κ1) is 11.4. The predicted molar refractivity (Wildman–Crippen MR) is 62.8 cm³/mol. The van der Waals surface area contributed by atoms with Gasteiger partial charge in [-0.1, -0.05) is 20.3 Å². The molecule has 0 aromatic heterocycles. The van der Waals surface area contributed by atoms with Gasteiger partial charge >= 0.3 is 0 Å². The molecule has 1 heterocycles. The van der Waals surface area contributed by atoms with E-state index in [2.05, 4.69) is 25.7 Å². The number of rotatable bonds is 4. The Balaban J connectivity index is 1.93. The highest BCUT2D eigenvalue weighted by Gasteiger charge is 2.46. The maximum Gasteiger partial charge on any atom is 0.0791 e. The van der Waals surface area contributed by atoms with Gasteiger partial charge in [0.25, 0.3) is 0 Å². The van der Waals surface area contributed by atoms with E-state index in [0.717, 1.165) is 25.4 Å². The van der Waals surface area contributed by atoms with Crippen molar-refractivity contribution in [2.45, 2.75) is 70.6 Å². The normalized spacial score (nSPS) is 39.6. The van der Waals surface area contributed by atoms with Gasteiger partial charge in [0.15, 0.2) is 0 Å². The second kappa shape index (κ2) is 4.06. The lowest BCUT2D eigenvalue weighted by atomic mass is 9.88. The van der Waals surface area contributed by atoms with Gasteiger partial charge in [-0.25, -0.2) is 0 Å². The highest BCUT2D eigenvalue weighted by Crippen LogP contribution is 2.39. The molecule has 2 rings (SSSR count). The van der Waals surface area contributed by atoms with E-state index in [4.69, 9.17) is 0 Å². The van der Waals surface area contributed by atoms with Crippen LogP contribution in [0.2, 0.25) is 0 Å². The third-order valence-corrected chi connectivity index (χ3v) is 4.16. The number of likely N-dealkylation sites (tertiary alicyclic amines) is 1. The van der Waals surface area contributed by atoms with E-state index >= 15 is 0 Å². The van der Waals surface area contributed by atoms with E-state index in [9.17, 15) is 5.11 Å². The summed E-state index contributed by atoms with van der Waals surface area (Å²) >= 11 is 0. The Morgan fingerprint density at radius 3 is 2.67 bits per heavy atom. The van der Waals surface area contributed by atoms with Crippen molar-refractivity contribution in [3.63, 3.8) is 0 Å². The zero-order valence-corrected chi connectivity index (χ0v) is 10.4. The average Bonchev–Trinajstić information content (AvgIpc) is 2.93. The summed E-state index contributed by atoms with van der Waals surface area (Å²) in [6.45, 7) is 7.66. The molecule has 0 aromatic carbocycles. The van der Waals surface area contributed by atoms with Gasteiger partial charge < -0.3 is 5.11 Å². The van der Waals surface area contributed by atoms with Crippen LogP contribution in [0.3, 0.4) is 0 Å². The summed E-state index contributed by atoms with van der Waals surface area (Å²) in [7, 11) is 0. The van der Waals surface area contributed by atoms with Gasteiger partial charge in [-0.2, -0.15) is 0 Å². The zero-order chi connectivity index (χ0) is 11.1. The SMILES string of the molecule is CCC(C)CC1(O)CC(C)N(C2CC2)C1. The number of aliphatic hydroxyl groups is 1. The van der Waals surface area contributed by atoms with Gasteiger partial charge in [-0.3, -0.25) is 4.90 Å². The highest BCUT2D eigenvalue weighted by molar-refractivity contribution is 5.01. The molecule has 0 radical (unpaired) electrons. The van der Waals surface area contributed by atoms with Gasteiger partial charge in [0.2, 0.25) is 0 Å². The minimum Gasteiger partial charge on any atom is -0.388 e. The second-order valence-electron chi connectivity index (χ2n) is 5.90. The molecule has 1 aliphatic carbocycles. The van der Waals surface area contributed by atoms with Gasteiger partial charge in [-0.15, -0.1) is 0 Å². The van der Waals surface area contributed by atoms with Crippen LogP contribution in [0.4, 0.5) is 0 Å². The Morgan fingerprint density at radius 2 is 2.13 bits per heavy atom. The first-order chi connectivity index (χ1) is 7.04. The fraction of sp³-hybridized carbons (Fsp3) is 1.00. The lowest BCUT2D eigenvalue weighted by Crippen LogP contribution is -2.36. The molecule has 0 bridgehead atoms. The monoisotopic (exact) mass is 211 g/mol. The standard InChI is InChI=1S/C13H25NO/c1-4-10(2)7-13(15)8-11(3)14(9-13)12-5-6-12/h10-12,15H,4-9H2,1-3H3. The molecule has 88 valence electrons. The minimum absolute atomic E-state index is 0.391. The van der Waals surface area contributed by atoms with Crippen molar-refractivity contribution in [3.8, 4) is 0 Å². The molecule has 2 aliphatic rings. The van der Waals surface area contributed by atoms with Crippen LogP contribution in [0.5, 0.6) is 0 Å². The van der Waals surface area contributed by atoms with Crippen molar-refractivity contribution in [1.82, 2.24) is 4.90 Å². The third-order valence-electron chi connectivity index (χ3n) is 4.16. The maximum atomic E-state index is 10.6. The summed E-state index contributed by atoms with van der Waals surface area (Å²) in [5.41, 5.74) is -0.391. The molecule has 1 saturated heterocycles. The molecule has 2 nitrogen and oxygen atoms in total. The molecule has 1 saturated carbocycles. The lowest BCUT2D eigenvalue weighted by Gasteiger charge is -2.26. The van der Waals surface area contributed by atoms with Crippen LogP contribution in [0.15, 0.2) is 0 Å². The number of nitrogens with zero attached hydrogens (tertiary/aromatic N) is 1. The molecular weight excluding hydrogens is 186 g/mol. The Kier molecular flexibility index (Phi) is 3.09. The summed E-state index contributed by atoms with van der Waals surface area (Å²) < 4.78 is 0. The maximum absolute atomic E-state index is 10.6. The fourth-order valence-electron chi connectivity index (χ4n) is 3.06. The van der Waals surface area contributed by atoms with Crippen LogP contribution in [0.1, 0.15) is 52.9 Å². The molecule has 3 atom stereocenters. The molecule has 0 spiro atoms. The lowest BCUT2D eigenvalue weighted by molar-refractivity contribution is 0.0253. The molecule has 2 fully saturated rings. The molecule has 0 aromatic rings. The smallest absolute Gasteiger partial charge is 0.0791 e. The van der Waals surface area contributed by atoms with E-state index in [-0.39, 0.29) is 0 Å². The zero-order valence-electron chi connectivity index (χ0n) is 10.4. The highest BCUT2D eigenvalue weighted by atomic mass is 16.3. The van der Waals surface area contributed by atoms with E-state index in [0.29, 0.717) is 12.0 Å². The van der Waals surface area contributed by atoms with Crippen LogP contribution < -0.4 is 0 Å². The Labute approximate surface area is 93.7 Å². The van der Waals surface area contributed by atoms with Crippen molar-refractivity contribution in [1.29, 1.82) is 0 Å². The van der Waals surface area contributed by atoms with E-state index in [1.165, 1.54) is 19.3 Å². The van der Waals surface area contributed by atoms with Gasteiger partial charge in [0, 0.05) is 18.6 Å². The quantitative estimate of drug-likeness (QED) is 0.772. The summed E-state index contributed by atoms with van der Waals surface area (Å²) in [6.07, 6.45) is 5.85. The molecular formula is C13H25NO. The van der Waals surface area contributed by atoms with Crippen molar-refractivity contribution in [2.75, 3.05) is 6.54 Å². The van der Waals surface area contributed by atoms with E-state index in [1.54, 1.807) is 0 Å². The molecule has 1 aliphatic heterocycles. The largest absolute Gasteiger partial charge is 0.388 e. The summed E-state index contributed by atoms with van der Waals surface area (Å²) in [5, 5.41) is 10.6. The molecule has 15 heavy (non-hydrogen) atoms. The van der Waals surface area contributed by atoms with Crippen molar-refractivity contribution < 1.29 is 5.11 Å². The summed E-state index contributed by atoms with van der Waals surface area (Å²) in [5.74, 6) is 0.654. The summed E-state index contributed by atoms with van der Waals surface area (Å²) in [6, 6.07) is 1.39. The van der Waals surface area contributed by atoms with Gasteiger partial charge in [0.05, 0.1) is 5.60 Å². The van der Waals surface area contributed by atoms with Gasteiger partial charge in [-0.05, 0) is 38.5 Å². The first-order valence-corrected chi connectivity index (χ1v) is 6.52. The number of β-amino-alcohol motifs (C(OH)–C–C–N with tert-alkyl or cyclic N) is 1. The Hall–Kier alpha value is -0.0800. The number of hydrogen-bond donors (Lipinski definition) is 1. The Bertz CT molecular complexity index is 227. The van der Waals surface area contributed by atoms with Crippen LogP contribution in [0, 0.1) is 5.92 Å². The summed E-state index contributed by atoms with van der Waals surface area (Å²) in [4.78, 5) is 2.53. The molecule has 0 amide bonds. The first-order valence-electron chi connectivity index (χ1n) is 6.52. The number of hydrogen-bond acceptors (Lipinski definition) is 2. The van der Waals surface area contributed by atoms with Crippen LogP contribution in [0.25, 0.3) is 0 Å². The topological polar surface area (TPSA) is 23.5 Å². The predicted octanol–water partition coefficient (Wildman–Crippen LogP) is 2.41. The van der Waals surface area contributed by atoms with Gasteiger partial charge in [0.1, 0.15) is 0 Å². The molecule has 2 heteroatoms. The van der Waals surface area contributed by atoms with Crippen LogP contribution >= 0.6 is 0 Å². The molecule has 3 unspecified atom stereocenters. The van der Waals surface area contributed by atoms with E-state index in [1.807, 2.05) is 0 Å². The average molecular weight is 211 g/mol. The van der Waals surface area contributed by atoms with Crippen LogP contribution in [-0.4, -0.2) is 34.2 Å². The van der Waals surface area contributed by atoms with Crippen molar-refractivity contribution >= 4 is 0 Å². The Morgan fingerprint density at radius 1 is 1.47 bits per heavy atom. The van der Waals surface area contributed by atoms with Crippen molar-refractivity contribution in [3.05, 3.63) is 0 Å². The molecule has 1 N–H and O–H groups in total. The fourth-order valence-corrected chi connectivity index (χ4v) is 3.06.